The van der Waals surface area contributed by atoms with E-state index in [-0.39, 0.29) is 0 Å². The molecular weight excluding hydrogens is 769 g/mol. The lowest BCUT2D eigenvalue weighted by Gasteiger charge is -2.15. The molecule has 0 bridgehead atoms. The summed E-state index contributed by atoms with van der Waals surface area (Å²) in [5.41, 5.74) is 19.6. The van der Waals surface area contributed by atoms with Crippen LogP contribution in [0.15, 0.2) is 223 Å². The van der Waals surface area contributed by atoms with Gasteiger partial charge in [-0.2, -0.15) is 0 Å². The lowest BCUT2D eigenvalue weighted by atomic mass is 9.93. The highest BCUT2D eigenvalue weighted by Crippen LogP contribution is 2.43. The monoisotopic (exact) mass is 805 g/mol. The zero-order chi connectivity index (χ0) is 41.4. The molecule has 5 heteroatoms. The third kappa shape index (κ3) is 5.75. The highest BCUT2D eigenvalue weighted by atomic mass is 16.3. The number of nitrogens with zero attached hydrogens (tertiary/aromatic N) is 3. The summed E-state index contributed by atoms with van der Waals surface area (Å²) in [4.78, 5) is 11.6. The van der Waals surface area contributed by atoms with E-state index >= 15 is 0 Å². The minimum absolute atomic E-state index is 0.600. The molecule has 1 unspecified atom stereocenters. The third-order valence-electron chi connectivity index (χ3n) is 12.7. The van der Waals surface area contributed by atoms with E-state index < -0.39 is 0 Å². The van der Waals surface area contributed by atoms with Crippen molar-refractivity contribution in [3.05, 3.63) is 218 Å². The standard InChI is InChI=1S/C58H36N4O/c1-3-16-42(17-4-1)61-53-23-10-7-20-44(53)48-34-38(27-30-55(48)61)37-26-29-50-47(33-37)46(39-14-13-15-41(32-39)58-60-51-22-9-12-25-57(51)63-58)36-52(59-50)40-28-31-56-49(35-40)45-21-8-11-24-54(45)62(56)43-18-5-2-6-19-43/h1-36H/p+1. The molecule has 0 fully saturated rings. The summed E-state index contributed by atoms with van der Waals surface area (Å²) in [6.07, 6.45) is 0. The van der Waals surface area contributed by atoms with Gasteiger partial charge < -0.3 is 8.98 Å². The Kier molecular flexibility index (Phi) is 7.92. The maximum Gasteiger partial charge on any atom is 0.227 e. The molecule has 0 radical (unpaired) electrons. The average molecular weight is 806 g/mol. The number of fused-ring (bicyclic) bond motifs is 8. The normalized spacial score (nSPS) is 13.2. The van der Waals surface area contributed by atoms with E-state index in [1.165, 1.54) is 54.9 Å². The molecule has 0 saturated carbocycles. The van der Waals surface area contributed by atoms with E-state index in [4.69, 9.17) is 14.4 Å². The van der Waals surface area contributed by atoms with E-state index in [1.54, 1.807) is 0 Å². The Morgan fingerprint density at radius 2 is 1.08 bits per heavy atom. The molecule has 63 heavy (non-hydrogen) atoms. The summed E-state index contributed by atoms with van der Waals surface area (Å²) in [6.45, 7) is 0. The summed E-state index contributed by atoms with van der Waals surface area (Å²) < 4.78 is 8.64. The van der Waals surface area contributed by atoms with Crippen LogP contribution in [0.3, 0.4) is 0 Å². The Hall–Kier alpha value is -8.38. The number of benzene rings is 9. The Morgan fingerprint density at radius 3 is 1.97 bits per heavy atom. The summed E-state index contributed by atoms with van der Waals surface area (Å²) in [7, 11) is 0. The summed E-state index contributed by atoms with van der Waals surface area (Å²) >= 11 is 0. The molecule has 1 atom stereocenters. The average Bonchev–Trinajstić information content (AvgIpc) is 4.04. The fraction of sp³-hybridized carbons (Fsp3) is 0. The second kappa shape index (κ2) is 14.1. The highest BCUT2D eigenvalue weighted by Gasteiger charge is 2.33. The highest BCUT2D eigenvalue weighted by molar-refractivity contribution is 6.11. The van der Waals surface area contributed by atoms with Crippen molar-refractivity contribution in [3.63, 3.8) is 0 Å². The van der Waals surface area contributed by atoms with Crippen LogP contribution in [0.25, 0.3) is 106 Å². The minimum Gasteiger partial charge on any atom is -0.436 e. The van der Waals surface area contributed by atoms with Crippen LogP contribution in [0.1, 0.15) is 0 Å². The van der Waals surface area contributed by atoms with Crippen molar-refractivity contribution in [1.29, 1.82) is 0 Å². The zero-order valence-electron chi connectivity index (χ0n) is 34.0. The van der Waals surface area contributed by atoms with Gasteiger partial charge in [0.1, 0.15) is 22.6 Å². The number of pyridine rings is 1. The molecule has 3 aromatic heterocycles. The van der Waals surface area contributed by atoms with Gasteiger partial charge in [-0.25, -0.2) is 14.9 Å². The second-order valence-corrected chi connectivity index (χ2v) is 16.3. The maximum atomic E-state index is 6.28. The van der Waals surface area contributed by atoms with Crippen molar-refractivity contribution in [2.24, 2.45) is 0 Å². The van der Waals surface area contributed by atoms with Crippen LogP contribution in [-0.2, 0) is 0 Å². The van der Waals surface area contributed by atoms with Gasteiger partial charge in [0.25, 0.3) is 0 Å². The van der Waals surface area contributed by atoms with Crippen LogP contribution in [0.4, 0.5) is 17.1 Å². The van der Waals surface area contributed by atoms with Crippen LogP contribution < -0.4 is 4.90 Å². The molecule has 0 saturated heterocycles. The third-order valence-corrected chi connectivity index (χ3v) is 12.7. The van der Waals surface area contributed by atoms with E-state index in [9.17, 15) is 0 Å². The van der Waals surface area contributed by atoms with Gasteiger partial charge in [0.2, 0.25) is 5.89 Å². The van der Waals surface area contributed by atoms with Gasteiger partial charge in [-0.1, -0.05) is 103 Å². The molecule has 1 aliphatic rings. The van der Waals surface area contributed by atoms with E-state index in [2.05, 4.69) is 199 Å². The van der Waals surface area contributed by atoms with Gasteiger partial charge in [-0.15, -0.1) is 0 Å². The molecule has 1 aliphatic heterocycles. The lowest BCUT2D eigenvalue weighted by molar-refractivity contribution is -0.677. The van der Waals surface area contributed by atoms with Gasteiger partial charge in [0.15, 0.2) is 5.58 Å². The molecular formula is C58H37N4O+. The summed E-state index contributed by atoms with van der Waals surface area (Å²) in [5.74, 6) is 0.600. The van der Waals surface area contributed by atoms with E-state index in [0.29, 0.717) is 5.89 Å². The maximum absolute atomic E-state index is 6.28. The number of rotatable bonds is 6. The lowest BCUT2D eigenvalue weighted by Crippen LogP contribution is -2.95. The number of hydrogen-bond acceptors (Lipinski definition) is 3. The molecule has 13 rings (SSSR count). The zero-order valence-corrected chi connectivity index (χ0v) is 34.0. The Balaban J connectivity index is 0.987. The minimum atomic E-state index is 0.600. The first kappa shape index (κ1) is 35.4. The molecule has 0 amide bonds. The second-order valence-electron chi connectivity index (χ2n) is 16.3. The number of hydrogen-bond donors (Lipinski definition) is 1. The Labute approximate surface area is 363 Å². The SMILES string of the molecule is c1ccc(-n2c3ccccc3c3cc(-c4ccc5nc(-c6ccc7c(c6)-c6ccccc6[NH+]7c6ccccc6)cc(-c6cccc(-c7nc8ccccc8o7)c6)c5c4)ccc32)cc1. The first-order valence-electron chi connectivity index (χ1n) is 21.4. The Bertz CT molecular complexity index is 3720. The smallest absolute Gasteiger partial charge is 0.227 e. The van der Waals surface area contributed by atoms with Crippen molar-refractivity contribution < 1.29 is 9.32 Å². The molecule has 4 heterocycles. The predicted octanol–water partition coefficient (Wildman–Crippen LogP) is 14.3. The molecule has 9 aromatic carbocycles. The Morgan fingerprint density at radius 1 is 0.381 bits per heavy atom. The first-order valence-corrected chi connectivity index (χ1v) is 21.4. The van der Waals surface area contributed by atoms with Gasteiger partial charge in [-0.05, 0) is 125 Å². The van der Waals surface area contributed by atoms with Crippen molar-refractivity contribution >= 4 is 60.9 Å². The number of oxazole rings is 1. The fourth-order valence-electron chi connectivity index (χ4n) is 9.76. The summed E-state index contributed by atoms with van der Waals surface area (Å²) in [6, 6.07) is 77.9. The van der Waals surface area contributed by atoms with Gasteiger partial charge >= 0.3 is 0 Å². The van der Waals surface area contributed by atoms with Gasteiger partial charge in [0, 0.05) is 50.7 Å². The summed E-state index contributed by atoms with van der Waals surface area (Å²) in [5, 5.41) is 3.52. The van der Waals surface area contributed by atoms with Gasteiger partial charge in [-0.3, -0.25) is 0 Å². The molecule has 1 N–H and O–H groups in total. The van der Waals surface area contributed by atoms with Crippen molar-refractivity contribution in [2.45, 2.75) is 0 Å². The van der Waals surface area contributed by atoms with E-state index in [1.807, 2.05) is 24.3 Å². The van der Waals surface area contributed by atoms with Crippen LogP contribution in [0.5, 0.6) is 0 Å². The van der Waals surface area contributed by atoms with Gasteiger partial charge in [0.05, 0.1) is 27.8 Å². The fourth-order valence-corrected chi connectivity index (χ4v) is 9.76. The van der Waals surface area contributed by atoms with Crippen molar-refractivity contribution in [3.8, 4) is 61.8 Å². The van der Waals surface area contributed by atoms with E-state index in [0.717, 1.165) is 66.8 Å². The first-order chi connectivity index (χ1) is 31.2. The molecule has 0 aliphatic carbocycles. The van der Waals surface area contributed by atoms with Crippen LogP contribution in [0, 0.1) is 0 Å². The topological polar surface area (TPSA) is 48.3 Å². The van der Waals surface area contributed by atoms with Crippen molar-refractivity contribution in [2.75, 3.05) is 0 Å². The quantitative estimate of drug-likeness (QED) is 0.182. The largest absolute Gasteiger partial charge is 0.436 e. The van der Waals surface area contributed by atoms with Crippen molar-refractivity contribution in [1.82, 2.24) is 14.5 Å². The van der Waals surface area contributed by atoms with Crippen LogP contribution in [-0.4, -0.2) is 14.5 Å². The predicted molar refractivity (Wildman–Crippen MR) is 257 cm³/mol. The molecule has 0 spiro atoms. The van der Waals surface area contributed by atoms with Crippen LogP contribution >= 0.6 is 0 Å². The van der Waals surface area contributed by atoms with Crippen LogP contribution in [0.2, 0.25) is 0 Å². The number of nitrogens with one attached hydrogen (secondary N) is 1. The number of aromatic nitrogens is 3. The number of quaternary nitrogens is 1. The molecule has 12 aromatic rings. The molecule has 294 valence electrons. The number of para-hydroxylation sites is 6. The molecule has 5 nitrogen and oxygen atoms in total.